The lowest BCUT2D eigenvalue weighted by atomic mass is 9.96. The molecule has 0 saturated heterocycles. The lowest BCUT2D eigenvalue weighted by Gasteiger charge is -2.15. The van der Waals surface area contributed by atoms with Gasteiger partial charge in [0.05, 0.1) is 0 Å². The largest absolute Gasteiger partial charge is 0.388 e. The first-order chi connectivity index (χ1) is 5.81. The molecule has 0 fully saturated rings. The first-order valence-electron chi connectivity index (χ1n) is 4.18. The molecule has 0 unspecified atom stereocenters. The van der Waals surface area contributed by atoms with Crippen molar-refractivity contribution in [3.05, 3.63) is 48.2 Å². The summed E-state index contributed by atoms with van der Waals surface area (Å²) in [4.78, 5) is 0. The minimum Gasteiger partial charge on any atom is -0.388 e. The molecule has 0 spiro atoms. The first kappa shape index (κ1) is 8.85. The number of allylic oxidation sites excluding steroid dienone is 5. The number of rotatable bonds is 3. The molecule has 1 N–H and O–H groups in total. The van der Waals surface area contributed by atoms with Gasteiger partial charge in [0.25, 0.3) is 0 Å². The minimum absolute atomic E-state index is 1.07. The minimum atomic E-state index is 1.07. The van der Waals surface area contributed by atoms with Gasteiger partial charge in [-0.05, 0) is 30.1 Å². The topological polar surface area (TPSA) is 12.0 Å². The van der Waals surface area contributed by atoms with Crippen LogP contribution in [-0.4, -0.2) is 7.05 Å². The predicted octanol–water partition coefficient (Wildman–Crippen LogP) is 2.55. The number of likely N-dealkylation sites (N-methyl/N-ethyl adjacent to an activating group) is 1. The molecule has 0 atom stereocenters. The van der Waals surface area contributed by atoms with Gasteiger partial charge >= 0.3 is 0 Å². The van der Waals surface area contributed by atoms with Crippen LogP contribution in [0.3, 0.4) is 0 Å². The van der Waals surface area contributed by atoms with Gasteiger partial charge < -0.3 is 5.32 Å². The number of nitrogens with one attached hydrogen (secondary N) is 1. The Morgan fingerprint density at radius 3 is 2.58 bits per heavy atom. The van der Waals surface area contributed by atoms with Crippen LogP contribution in [0.1, 0.15) is 12.8 Å². The smallest absolute Gasteiger partial charge is 0.0372 e. The summed E-state index contributed by atoms with van der Waals surface area (Å²) < 4.78 is 0. The second-order valence-electron chi connectivity index (χ2n) is 2.82. The van der Waals surface area contributed by atoms with E-state index in [0.29, 0.717) is 0 Å². The maximum absolute atomic E-state index is 3.78. The van der Waals surface area contributed by atoms with Crippen molar-refractivity contribution in [1.82, 2.24) is 5.32 Å². The van der Waals surface area contributed by atoms with Crippen molar-refractivity contribution in [2.75, 3.05) is 7.05 Å². The van der Waals surface area contributed by atoms with E-state index in [1.54, 1.807) is 0 Å². The molecule has 0 amide bonds. The van der Waals surface area contributed by atoms with Gasteiger partial charge in [-0.25, -0.2) is 0 Å². The van der Waals surface area contributed by atoms with E-state index in [2.05, 4.69) is 24.6 Å². The van der Waals surface area contributed by atoms with Gasteiger partial charge in [0.15, 0.2) is 0 Å². The molecule has 0 radical (unpaired) electrons. The van der Waals surface area contributed by atoms with Gasteiger partial charge in [0, 0.05) is 12.7 Å². The second kappa shape index (κ2) is 3.96. The van der Waals surface area contributed by atoms with E-state index in [1.807, 2.05) is 19.2 Å². The fourth-order valence-electron chi connectivity index (χ4n) is 1.37. The number of hydrogen-bond donors (Lipinski definition) is 1. The monoisotopic (exact) mass is 161 g/mol. The zero-order chi connectivity index (χ0) is 8.97. The lowest BCUT2D eigenvalue weighted by Crippen LogP contribution is -2.10. The van der Waals surface area contributed by atoms with Gasteiger partial charge in [0.2, 0.25) is 0 Å². The maximum Gasteiger partial charge on any atom is 0.0372 e. The standard InChI is InChI=1S/C11H15N/c1-4-9-6-7-10(5-2)11(8-9)12-3/h4-5,8,12H,1-2,6-7H2,3H3. The van der Waals surface area contributed by atoms with E-state index in [4.69, 9.17) is 0 Å². The summed E-state index contributed by atoms with van der Waals surface area (Å²) in [6.07, 6.45) is 8.11. The van der Waals surface area contributed by atoms with Crippen LogP contribution in [-0.2, 0) is 0 Å². The molecule has 1 aliphatic carbocycles. The third-order valence-electron chi connectivity index (χ3n) is 2.14. The Balaban J connectivity index is 2.96. The van der Waals surface area contributed by atoms with Crippen molar-refractivity contribution in [3.8, 4) is 0 Å². The molecule has 0 aromatic carbocycles. The second-order valence-corrected chi connectivity index (χ2v) is 2.82. The van der Waals surface area contributed by atoms with Crippen LogP contribution in [0, 0.1) is 0 Å². The van der Waals surface area contributed by atoms with E-state index in [-0.39, 0.29) is 0 Å². The molecule has 64 valence electrons. The summed E-state index contributed by atoms with van der Waals surface area (Å²) in [7, 11) is 1.93. The Morgan fingerprint density at radius 2 is 2.08 bits per heavy atom. The van der Waals surface area contributed by atoms with Crippen LogP contribution in [0.2, 0.25) is 0 Å². The summed E-state index contributed by atoms with van der Waals surface area (Å²) in [6.45, 7) is 7.54. The van der Waals surface area contributed by atoms with Crippen LogP contribution in [0.5, 0.6) is 0 Å². The van der Waals surface area contributed by atoms with Gasteiger partial charge in [-0.3, -0.25) is 0 Å². The summed E-state index contributed by atoms with van der Waals surface area (Å²) in [5, 5.41) is 3.15. The van der Waals surface area contributed by atoms with Crippen molar-refractivity contribution in [3.63, 3.8) is 0 Å². The normalized spacial score (nSPS) is 16.9. The van der Waals surface area contributed by atoms with Gasteiger partial charge in [-0.1, -0.05) is 25.3 Å². The highest BCUT2D eigenvalue weighted by Crippen LogP contribution is 2.23. The van der Waals surface area contributed by atoms with Crippen molar-refractivity contribution >= 4 is 0 Å². The highest BCUT2D eigenvalue weighted by Gasteiger charge is 2.07. The Morgan fingerprint density at radius 1 is 1.33 bits per heavy atom. The average molecular weight is 161 g/mol. The fraction of sp³-hybridized carbons (Fsp3) is 0.273. The molecular formula is C11H15N. The molecule has 0 saturated carbocycles. The summed E-state index contributed by atoms with van der Waals surface area (Å²) >= 11 is 0. The van der Waals surface area contributed by atoms with E-state index < -0.39 is 0 Å². The third-order valence-corrected chi connectivity index (χ3v) is 2.14. The third kappa shape index (κ3) is 1.67. The molecule has 0 aliphatic heterocycles. The molecule has 1 heteroatoms. The quantitative estimate of drug-likeness (QED) is 0.670. The zero-order valence-corrected chi connectivity index (χ0v) is 7.56. The molecule has 1 aliphatic rings. The summed E-state index contributed by atoms with van der Waals surface area (Å²) in [5.74, 6) is 0. The molecule has 12 heavy (non-hydrogen) atoms. The van der Waals surface area contributed by atoms with E-state index in [9.17, 15) is 0 Å². The SMILES string of the molecule is C=CC1=CC(NC)=C(C=C)CC1. The van der Waals surface area contributed by atoms with E-state index in [1.165, 1.54) is 16.8 Å². The van der Waals surface area contributed by atoms with Crippen LogP contribution in [0.4, 0.5) is 0 Å². The molecule has 0 aromatic heterocycles. The highest BCUT2D eigenvalue weighted by atomic mass is 14.8. The van der Waals surface area contributed by atoms with Crippen molar-refractivity contribution in [2.24, 2.45) is 0 Å². The van der Waals surface area contributed by atoms with Crippen LogP contribution >= 0.6 is 0 Å². The lowest BCUT2D eigenvalue weighted by molar-refractivity contribution is 0.882. The van der Waals surface area contributed by atoms with E-state index >= 15 is 0 Å². The molecule has 0 heterocycles. The van der Waals surface area contributed by atoms with E-state index in [0.717, 1.165) is 12.8 Å². The van der Waals surface area contributed by atoms with Crippen molar-refractivity contribution < 1.29 is 0 Å². The summed E-state index contributed by atoms with van der Waals surface area (Å²) in [5.41, 5.74) is 3.76. The van der Waals surface area contributed by atoms with Crippen molar-refractivity contribution in [1.29, 1.82) is 0 Å². The van der Waals surface area contributed by atoms with Crippen LogP contribution in [0.15, 0.2) is 48.2 Å². The highest BCUT2D eigenvalue weighted by molar-refractivity contribution is 5.40. The Bertz CT molecular complexity index is 256. The average Bonchev–Trinajstić information content (AvgIpc) is 2.16. The van der Waals surface area contributed by atoms with Crippen molar-refractivity contribution in [2.45, 2.75) is 12.8 Å². The Kier molecular flexibility index (Phi) is 2.92. The Labute approximate surface area is 74.2 Å². The molecular weight excluding hydrogens is 146 g/mol. The van der Waals surface area contributed by atoms with Gasteiger partial charge in [-0.2, -0.15) is 0 Å². The molecule has 1 nitrogen and oxygen atoms in total. The maximum atomic E-state index is 3.78. The van der Waals surface area contributed by atoms with Gasteiger partial charge in [0.1, 0.15) is 0 Å². The zero-order valence-electron chi connectivity index (χ0n) is 7.56. The van der Waals surface area contributed by atoms with Crippen LogP contribution in [0.25, 0.3) is 0 Å². The molecule has 0 bridgehead atoms. The molecule has 1 rings (SSSR count). The first-order valence-corrected chi connectivity index (χ1v) is 4.18. The summed E-state index contributed by atoms with van der Waals surface area (Å²) in [6, 6.07) is 0. The fourth-order valence-corrected chi connectivity index (χ4v) is 1.37. The number of hydrogen-bond acceptors (Lipinski definition) is 1. The predicted molar refractivity (Wildman–Crippen MR) is 53.8 cm³/mol. The van der Waals surface area contributed by atoms with Crippen LogP contribution < -0.4 is 5.32 Å². The molecule has 0 aromatic rings. The van der Waals surface area contributed by atoms with Gasteiger partial charge in [-0.15, -0.1) is 0 Å². The Hall–Kier alpha value is -1.24.